The zero-order chi connectivity index (χ0) is 22.8. The highest BCUT2D eigenvalue weighted by Crippen LogP contribution is 2.45. The first kappa shape index (κ1) is 21.6. The van der Waals surface area contributed by atoms with Crippen LogP contribution in [-0.2, 0) is 10.2 Å². The molecule has 2 N–H and O–H groups in total. The first-order valence-corrected chi connectivity index (χ1v) is 8.88. The van der Waals surface area contributed by atoms with Gasteiger partial charge < -0.3 is 14.6 Å². The molecule has 0 aromatic heterocycles. The third kappa shape index (κ3) is 3.73. The summed E-state index contributed by atoms with van der Waals surface area (Å²) >= 11 is 0. The lowest BCUT2D eigenvalue weighted by atomic mass is 9.74. The van der Waals surface area contributed by atoms with Gasteiger partial charge in [0.25, 0.3) is 11.4 Å². The predicted molar refractivity (Wildman–Crippen MR) is 104 cm³/mol. The molecule has 2 unspecified atom stereocenters. The largest absolute Gasteiger partial charge is 0.476 e. The summed E-state index contributed by atoms with van der Waals surface area (Å²) in [4.78, 5) is 31.1. The lowest BCUT2D eigenvalue weighted by molar-refractivity contribution is -0.404. The van der Waals surface area contributed by atoms with Gasteiger partial charge in [0.1, 0.15) is 12.0 Å². The number of nitrogens with one attached hydrogen (secondary N) is 1. The first-order chi connectivity index (χ1) is 14.7. The highest BCUT2D eigenvalue weighted by atomic mass is 16.6. The molecule has 1 aliphatic rings. The molecule has 13 nitrogen and oxygen atoms in total. The monoisotopic (exact) mass is 432 g/mol. The molecule has 1 fully saturated rings. The van der Waals surface area contributed by atoms with E-state index in [0.717, 1.165) is 0 Å². The lowest BCUT2D eigenvalue weighted by Gasteiger charge is -2.32. The standard InChI is InChI=1S/C18H16N4O9/c19-17-18(6-7-23,11-4-2-1-3-5-11)15(10-30-17)31-16-13(21(26)27)8-12(20(24)25)9-14(16)22(28)29/h1-5,8-9,15,19,23H,6-7,10H2. The number of hydrogen-bond donors (Lipinski definition) is 2. The summed E-state index contributed by atoms with van der Waals surface area (Å²) in [6.45, 7) is -0.677. The molecule has 1 saturated heterocycles. The number of aliphatic hydroxyl groups excluding tert-OH is 1. The minimum Gasteiger partial charge on any atom is -0.476 e. The molecule has 0 saturated carbocycles. The normalized spacial score (nSPS) is 20.2. The van der Waals surface area contributed by atoms with Crippen LogP contribution in [0.15, 0.2) is 42.5 Å². The van der Waals surface area contributed by atoms with Crippen LogP contribution in [0.25, 0.3) is 0 Å². The molecule has 2 aromatic rings. The number of rotatable bonds is 8. The van der Waals surface area contributed by atoms with Crippen LogP contribution in [0.3, 0.4) is 0 Å². The quantitative estimate of drug-likeness (QED) is 0.465. The first-order valence-electron chi connectivity index (χ1n) is 8.88. The van der Waals surface area contributed by atoms with Gasteiger partial charge in [-0.05, 0) is 12.0 Å². The van der Waals surface area contributed by atoms with E-state index in [1.54, 1.807) is 30.3 Å². The smallest absolute Gasteiger partial charge is 0.325 e. The lowest BCUT2D eigenvalue weighted by Crippen LogP contribution is -2.45. The average Bonchev–Trinajstić information content (AvgIpc) is 3.04. The van der Waals surface area contributed by atoms with Crippen molar-refractivity contribution in [3.8, 4) is 5.75 Å². The molecule has 31 heavy (non-hydrogen) atoms. The zero-order valence-electron chi connectivity index (χ0n) is 15.8. The predicted octanol–water partition coefficient (Wildman–Crippen LogP) is 2.49. The Morgan fingerprint density at radius 1 is 1.06 bits per heavy atom. The molecule has 1 aliphatic heterocycles. The Morgan fingerprint density at radius 3 is 2.13 bits per heavy atom. The van der Waals surface area contributed by atoms with Crippen LogP contribution >= 0.6 is 0 Å². The van der Waals surface area contributed by atoms with Gasteiger partial charge in [-0.1, -0.05) is 30.3 Å². The Bertz CT molecular complexity index is 1020. The summed E-state index contributed by atoms with van der Waals surface area (Å²) in [5.74, 6) is -1.06. The highest BCUT2D eigenvalue weighted by molar-refractivity contribution is 5.88. The van der Waals surface area contributed by atoms with Gasteiger partial charge >= 0.3 is 11.4 Å². The SMILES string of the molecule is N=C1OCC(Oc2c([N+](=O)[O-])cc([N+](=O)[O-])cc2[N+](=O)[O-])C1(CCO)c1ccccc1. The van der Waals surface area contributed by atoms with E-state index in [9.17, 15) is 35.4 Å². The number of nitro benzene ring substituents is 3. The Labute approximate surface area is 173 Å². The van der Waals surface area contributed by atoms with Crippen LogP contribution in [0.2, 0.25) is 0 Å². The van der Waals surface area contributed by atoms with Crippen molar-refractivity contribution in [2.24, 2.45) is 0 Å². The van der Waals surface area contributed by atoms with E-state index >= 15 is 0 Å². The van der Waals surface area contributed by atoms with E-state index in [4.69, 9.17) is 14.9 Å². The molecular formula is C18H16N4O9. The summed E-state index contributed by atoms with van der Waals surface area (Å²) < 4.78 is 11.0. The highest BCUT2D eigenvalue weighted by Gasteiger charge is 2.53. The number of aliphatic hydroxyl groups is 1. The van der Waals surface area contributed by atoms with Gasteiger partial charge in [0.2, 0.25) is 0 Å². The second kappa shape index (κ2) is 8.31. The molecule has 0 aliphatic carbocycles. The maximum absolute atomic E-state index is 11.5. The van der Waals surface area contributed by atoms with Crippen LogP contribution in [0.5, 0.6) is 5.75 Å². The molecule has 0 radical (unpaired) electrons. The summed E-state index contributed by atoms with van der Waals surface area (Å²) in [5.41, 5.74) is -3.65. The molecule has 13 heteroatoms. The topological polar surface area (TPSA) is 192 Å². The van der Waals surface area contributed by atoms with Gasteiger partial charge in [-0.2, -0.15) is 0 Å². The minimum atomic E-state index is -1.38. The fourth-order valence-electron chi connectivity index (χ4n) is 3.58. The van der Waals surface area contributed by atoms with Crippen molar-refractivity contribution in [3.05, 3.63) is 78.4 Å². The molecular weight excluding hydrogens is 416 g/mol. The van der Waals surface area contributed by atoms with Crippen molar-refractivity contribution < 1.29 is 29.4 Å². The Balaban J connectivity index is 2.18. The van der Waals surface area contributed by atoms with Crippen molar-refractivity contribution in [2.75, 3.05) is 13.2 Å². The van der Waals surface area contributed by atoms with Crippen LogP contribution in [0, 0.1) is 35.8 Å². The third-order valence-corrected chi connectivity index (χ3v) is 5.03. The molecule has 2 aromatic carbocycles. The minimum absolute atomic E-state index is 0.0604. The fraction of sp³-hybridized carbons (Fsp3) is 0.278. The molecule has 0 spiro atoms. The summed E-state index contributed by atoms with van der Waals surface area (Å²) in [5, 5.41) is 52.1. The van der Waals surface area contributed by atoms with Crippen molar-refractivity contribution in [1.29, 1.82) is 5.41 Å². The van der Waals surface area contributed by atoms with E-state index in [1.807, 2.05) is 0 Å². The number of hydrogen-bond acceptors (Lipinski definition) is 10. The van der Waals surface area contributed by atoms with E-state index < -0.39 is 55.7 Å². The van der Waals surface area contributed by atoms with Crippen LogP contribution in [0.4, 0.5) is 17.1 Å². The summed E-state index contributed by atoms with van der Waals surface area (Å²) in [7, 11) is 0. The fourth-order valence-corrected chi connectivity index (χ4v) is 3.58. The molecule has 162 valence electrons. The maximum atomic E-state index is 11.5. The number of nitro groups is 3. The Hall–Kier alpha value is -4.13. The number of nitrogens with zero attached hydrogens (tertiary/aromatic N) is 3. The van der Waals surface area contributed by atoms with Crippen LogP contribution in [0.1, 0.15) is 12.0 Å². The van der Waals surface area contributed by atoms with E-state index in [1.165, 1.54) is 0 Å². The van der Waals surface area contributed by atoms with Crippen LogP contribution in [-0.4, -0.2) is 45.1 Å². The van der Waals surface area contributed by atoms with Gasteiger partial charge in [-0.25, -0.2) is 0 Å². The van der Waals surface area contributed by atoms with Gasteiger partial charge in [0, 0.05) is 6.61 Å². The van der Waals surface area contributed by atoms with E-state index in [2.05, 4.69) is 0 Å². The van der Waals surface area contributed by atoms with Crippen molar-refractivity contribution in [1.82, 2.24) is 0 Å². The summed E-state index contributed by atoms with van der Waals surface area (Å²) in [6, 6.07) is 9.50. The van der Waals surface area contributed by atoms with E-state index in [-0.39, 0.29) is 18.9 Å². The van der Waals surface area contributed by atoms with Crippen molar-refractivity contribution >= 4 is 23.0 Å². The zero-order valence-corrected chi connectivity index (χ0v) is 15.8. The van der Waals surface area contributed by atoms with Gasteiger partial charge in [-0.3, -0.25) is 35.8 Å². The van der Waals surface area contributed by atoms with Crippen molar-refractivity contribution in [3.63, 3.8) is 0 Å². The van der Waals surface area contributed by atoms with Crippen LogP contribution < -0.4 is 4.74 Å². The molecule has 2 atom stereocenters. The number of non-ortho nitro benzene ring substituents is 1. The molecule has 0 amide bonds. The van der Waals surface area contributed by atoms with Gasteiger partial charge in [-0.15, -0.1) is 0 Å². The number of benzene rings is 2. The Morgan fingerprint density at radius 2 is 1.65 bits per heavy atom. The maximum Gasteiger partial charge on any atom is 0.325 e. The number of ether oxygens (including phenoxy) is 2. The molecule has 1 heterocycles. The van der Waals surface area contributed by atoms with E-state index in [0.29, 0.717) is 17.7 Å². The van der Waals surface area contributed by atoms with Gasteiger partial charge in [0.15, 0.2) is 12.0 Å². The van der Waals surface area contributed by atoms with Crippen molar-refractivity contribution in [2.45, 2.75) is 17.9 Å². The average molecular weight is 432 g/mol. The van der Waals surface area contributed by atoms with Gasteiger partial charge in [0.05, 0.1) is 26.9 Å². The second-order valence-electron chi connectivity index (χ2n) is 6.64. The summed E-state index contributed by atoms with van der Waals surface area (Å²) in [6.07, 6.45) is -1.22. The Kier molecular flexibility index (Phi) is 5.79. The molecule has 3 rings (SSSR count). The molecule has 0 bridgehead atoms. The second-order valence-corrected chi connectivity index (χ2v) is 6.64. The third-order valence-electron chi connectivity index (χ3n) is 5.03.